The molecule has 0 fully saturated rings. The minimum Gasteiger partial charge on any atom is -0.368 e. The smallest absolute Gasteiger partial charge is 0.138 e. The lowest BCUT2D eigenvalue weighted by molar-refractivity contribution is 0.182. The number of thiophene rings is 1. The molecule has 5 heteroatoms. The molecule has 0 unspecified atom stereocenters. The van der Waals surface area contributed by atoms with Crippen molar-refractivity contribution in [1.82, 2.24) is 14.9 Å². The fourth-order valence-electron chi connectivity index (χ4n) is 2.57. The molecule has 20 heavy (non-hydrogen) atoms. The molecule has 0 radical (unpaired) electrons. The monoisotopic (exact) mass is 292 g/mol. The molecule has 1 N–H and O–H groups in total. The van der Waals surface area contributed by atoms with Crippen LogP contribution in [0.4, 0.5) is 5.82 Å². The van der Waals surface area contributed by atoms with Gasteiger partial charge in [-0.3, -0.25) is 4.90 Å². The second-order valence-corrected chi connectivity index (χ2v) is 6.53. The Labute approximate surface area is 125 Å². The standard InChI is InChI=1S/C15H24N4S/c1-10(2)19(11(3)4)7-6-16-14-13-12(5)8-20-15(13)18-9-17-14/h8-11H,6-7H2,1-5H3,(H,16,17,18). The average Bonchev–Trinajstić information content (AvgIpc) is 2.76. The van der Waals surface area contributed by atoms with Crippen LogP contribution in [-0.2, 0) is 0 Å². The van der Waals surface area contributed by atoms with Crippen molar-refractivity contribution in [3.05, 3.63) is 17.3 Å². The highest BCUT2D eigenvalue weighted by Gasteiger charge is 2.13. The van der Waals surface area contributed by atoms with E-state index in [0.29, 0.717) is 12.1 Å². The molecule has 0 bridgehead atoms. The third kappa shape index (κ3) is 3.27. The zero-order chi connectivity index (χ0) is 14.7. The maximum Gasteiger partial charge on any atom is 0.138 e. The van der Waals surface area contributed by atoms with E-state index < -0.39 is 0 Å². The highest BCUT2D eigenvalue weighted by atomic mass is 32.1. The predicted octanol–water partition coefficient (Wildman–Crippen LogP) is 3.53. The Bertz CT molecular complexity index is 554. The molecule has 0 aliphatic carbocycles. The summed E-state index contributed by atoms with van der Waals surface area (Å²) < 4.78 is 0. The van der Waals surface area contributed by atoms with Crippen molar-refractivity contribution < 1.29 is 0 Å². The van der Waals surface area contributed by atoms with Crippen LogP contribution in [-0.4, -0.2) is 40.0 Å². The van der Waals surface area contributed by atoms with Gasteiger partial charge in [0.05, 0.1) is 5.39 Å². The van der Waals surface area contributed by atoms with E-state index in [1.165, 1.54) is 5.56 Å². The van der Waals surface area contributed by atoms with Crippen molar-refractivity contribution in [2.45, 2.75) is 46.7 Å². The molecule has 4 nitrogen and oxygen atoms in total. The Balaban J connectivity index is 2.04. The van der Waals surface area contributed by atoms with E-state index >= 15 is 0 Å². The van der Waals surface area contributed by atoms with Crippen LogP contribution < -0.4 is 5.32 Å². The van der Waals surface area contributed by atoms with Crippen LogP contribution in [0.15, 0.2) is 11.7 Å². The van der Waals surface area contributed by atoms with E-state index in [2.05, 4.69) is 60.2 Å². The van der Waals surface area contributed by atoms with Crippen LogP contribution >= 0.6 is 11.3 Å². The SMILES string of the molecule is Cc1csc2ncnc(NCCN(C(C)C)C(C)C)c12. The van der Waals surface area contributed by atoms with Crippen LogP contribution in [0, 0.1) is 6.92 Å². The van der Waals surface area contributed by atoms with Gasteiger partial charge in [0.25, 0.3) is 0 Å². The number of hydrogen-bond donors (Lipinski definition) is 1. The molecule has 2 heterocycles. The summed E-state index contributed by atoms with van der Waals surface area (Å²) >= 11 is 1.68. The Morgan fingerprint density at radius 2 is 1.90 bits per heavy atom. The van der Waals surface area contributed by atoms with Crippen LogP contribution in [0.5, 0.6) is 0 Å². The number of anilines is 1. The van der Waals surface area contributed by atoms with Gasteiger partial charge in [-0.25, -0.2) is 9.97 Å². The van der Waals surface area contributed by atoms with Crippen LogP contribution in [0.1, 0.15) is 33.3 Å². The summed E-state index contributed by atoms with van der Waals surface area (Å²) in [6.07, 6.45) is 1.64. The molecule has 0 saturated carbocycles. The lowest BCUT2D eigenvalue weighted by Crippen LogP contribution is -2.40. The van der Waals surface area contributed by atoms with Gasteiger partial charge in [0.2, 0.25) is 0 Å². The van der Waals surface area contributed by atoms with Crippen molar-refractivity contribution in [2.75, 3.05) is 18.4 Å². The number of aromatic nitrogens is 2. The summed E-state index contributed by atoms with van der Waals surface area (Å²) in [5, 5.41) is 6.77. The van der Waals surface area contributed by atoms with Crippen molar-refractivity contribution >= 4 is 27.4 Å². The molecule has 2 aromatic heterocycles. The van der Waals surface area contributed by atoms with Gasteiger partial charge < -0.3 is 5.32 Å². The molecule has 110 valence electrons. The summed E-state index contributed by atoms with van der Waals surface area (Å²) in [7, 11) is 0. The van der Waals surface area contributed by atoms with Crippen LogP contribution in [0.3, 0.4) is 0 Å². The summed E-state index contributed by atoms with van der Waals surface area (Å²) in [5.41, 5.74) is 1.25. The van der Waals surface area contributed by atoms with Gasteiger partial charge >= 0.3 is 0 Å². The molecule has 0 saturated heterocycles. The number of aryl methyl sites for hydroxylation is 1. The lowest BCUT2D eigenvalue weighted by atomic mass is 10.2. The quantitative estimate of drug-likeness (QED) is 0.884. The predicted molar refractivity (Wildman–Crippen MR) is 87.6 cm³/mol. The second-order valence-electron chi connectivity index (χ2n) is 5.67. The largest absolute Gasteiger partial charge is 0.368 e. The first-order valence-corrected chi connectivity index (χ1v) is 8.07. The van der Waals surface area contributed by atoms with E-state index in [4.69, 9.17) is 0 Å². The van der Waals surface area contributed by atoms with Gasteiger partial charge in [-0.1, -0.05) is 0 Å². The van der Waals surface area contributed by atoms with E-state index in [1.54, 1.807) is 17.7 Å². The highest BCUT2D eigenvalue weighted by molar-refractivity contribution is 7.17. The first-order valence-electron chi connectivity index (χ1n) is 7.19. The van der Waals surface area contributed by atoms with Gasteiger partial charge in [-0.15, -0.1) is 11.3 Å². The number of fused-ring (bicyclic) bond motifs is 1. The van der Waals surface area contributed by atoms with Gasteiger partial charge in [0, 0.05) is 25.2 Å². The number of nitrogens with one attached hydrogen (secondary N) is 1. The van der Waals surface area contributed by atoms with E-state index in [0.717, 1.165) is 29.1 Å². The second kappa shape index (κ2) is 6.50. The van der Waals surface area contributed by atoms with Crippen molar-refractivity contribution in [2.24, 2.45) is 0 Å². The van der Waals surface area contributed by atoms with E-state index in [9.17, 15) is 0 Å². The Hall–Kier alpha value is -1.20. The molecule has 0 aliphatic heterocycles. The molecule has 2 rings (SSSR count). The third-order valence-electron chi connectivity index (χ3n) is 3.54. The number of hydrogen-bond acceptors (Lipinski definition) is 5. The highest BCUT2D eigenvalue weighted by Crippen LogP contribution is 2.28. The number of rotatable bonds is 6. The Morgan fingerprint density at radius 1 is 1.20 bits per heavy atom. The topological polar surface area (TPSA) is 41.1 Å². The maximum atomic E-state index is 4.39. The fourth-order valence-corrected chi connectivity index (χ4v) is 3.46. The zero-order valence-electron chi connectivity index (χ0n) is 13.0. The third-order valence-corrected chi connectivity index (χ3v) is 4.55. The van der Waals surface area contributed by atoms with Crippen molar-refractivity contribution in [1.29, 1.82) is 0 Å². The molecule has 0 atom stereocenters. The van der Waals surface area contributed by atoms with Crippen LogP contribution in [0.2, 0.25) is 0 Å². The van der Waals surface area contributed by atoms with Gasteiger partial charge in [0.1, 0.15) is 17.0 Å². The lowest BCUT2D eigenvalue weighted by Gasteiger charge is -2.30. The maximum absolute atomic E-state index is 4.39. The first-order chi connectivity index (χ1) is 9.50. The average molecular weight is 292 g/mol. The van der Waals surface area contributed by atoms with Crippen LogP contribution in [0.25, 0.3) is 10.2 Å². The summed E-state index contributed by atoms with van der Waals surface area (Å²) in [5.74, 6) is 0.959. The Morgan fingerprint density at radius 3 is 2.55 bits per heavy atom. The molecule has 0 aliphatic rings. The first kappa shape index (κ1) is 15.2. The molecule has 0 spiro atoms. The fraction of sp³-hybridized carbons (Fsp3) is 0.600. The normalized spacial score (nSPS) is 12.0. The summed E-state index contributed by atoms with van der Waals surface area (Å²) in [6, 6.07) is 1.12. The molecule has 0 amide bonds. The minimum absolute atomic E-state index is 0.560. The van der Waals surface area contributed by atoms with Gasteiger partial charge in [0.15, 0.2) is 0 Å². The number of nitrogens with zero attached hydrogens (tertiary/aromatic N) is 3. The van der Waals surface area contributed by atoms with Crippen molar-refractivity contribution in [3.8, 4) is 0 Å². The molecular weight excluding hydrogens is 268 g/mol. The molecular formula is C15H24N4S. The van der Waals surface area contributed by atoms with E-state index in [-0.39, 0.29) is 0 Å². The Kier molecular flexibility index (Phi) is 4.94. The van der Waals surface area contributed by atoms with Gasteiger partial charge in [-0.2, -0.15) is 0 Å². The van der Waals surface area contributed by atoms with E-state index in [1.807, 2.05) is 0 Å². The molecule has 2 aromatic rings. The summed E-state index contributed by atoms with van der Waals surface area (Å²) in [6.45, 7) is 13.0. The van der Waals surface area contributed by atoms with Gasteiger partial charge in [-0.05, 0) is 45.6 Å². The minimum atomic E-state index is 0.560. The summed E-state index contributed by atoms with van der Waals surface area (Å²) in [4.78, 5) is 12.2. The van der Waals surface area contributed by atoms with Crippen molar-refractivity contribution in [3.63, 3.8) is 0 Å². The zero-order valence-corrected chi connectivity index (χ0v) is 13.8. The molecule has 0 aromatic carbocycles.